The van der Waals surface area contributed by atoms with E-state index in [1.807, 2.05) is 18.2 Å². The van der Waals surface area contributed by atoms with E-state index < -0.39 is 0 Å². The quantitative estimate of drug-likeness (QED) is 0.608. The van der Waals surface area contributed by atoms with Crippen molar-refractivity contribution < 1.29 is 14.3 Å². The lowest BCUT2D eigenvalue weighted by molar-refractivity contribution is -0.114. The summed E-state index contributed by atoms with van der Waals surface area (Å²) in [6.45, 7) is 1.43. The van der Waals surface area contributed by atoms with E-state index in [0.29, 0.717) is 23.1 Å². The van der Waals surface area contributed by atoms with E-state index >= 15 is 0 Å². The highest BCUT2D eigenvalue weighted by molar-refractivity contribution is 6.03. The summed E-state index contributed by atoms with van der Waals surface area (Å²) < 4.78 is 5.18. The molecule has 0 unspecified atom stereocenters. The molecule has 0 radical (unpaired) electrons. The van der Waals surface area contributed by atoms with E-state index in [2.05, 4.69) is 25.9 Å². The average molecular weight is 377 g/mol. The molecule has 2 aromatic carbocycles. The normalized spacial score (nSPS) is 10.1. The zero-order valence-electron chi connectivity index (χ0n) is 15.4. The Labute approximate surface area is 162 Å². The Morgan fingerprint density at radius 1 is 0.929 bits per heavy atom. The molecule has 0 atom stereocenters. The molecule has 0 aliphatic heterocycles. The van der Waals surface area contributed by atoms with Crippen molar-refractivity contribution in [2.45, 2.75) is 6.92 Å². The molecular weight excluding hydrogens is 358 g/mol. The third-order valence-electron chi connectivity index (χ3n) is 3.68. The number of amides is 2. The number of aromatic nitrogens is 2. The van der Waals surface area contributed by atoms with Gasteiger partial charge in [0, 0.05) is 36.2 Å². The fraction of sp³-hybridized carbons (Fsp3) is 0.100. The molecule has 2 amide bonds. The van der Waals surface area contributed by atoms with Gasteiger partial charge in [0.25, 0.3) is 5.91 Å². The molecule has 0 bridgehead atoms. The number of hydrogen-bond donors (Lipinski definition) is 3. The monoisotopic (exact) mass is 377 g/mol. The Morgan fingerprint density at radius 2 is 1.64 bits per heavy atom. The van der Waals surface area contributed by atoms with E-state index in [0.717, 1.165) is 5.69 Å². The van der Waals surface area contributed by atoms with Gasteiger partial charge in [-0.1, -0.05) is 6.07 Å². The van der Waals surface area contributed by atoms with Gasteiger partial charge in [0.15, 0.2) is 0 Å². The summed E-state index contributed by atoms with van der Waals surface area (Å²) in [7, 11) is 1.59. The van der Waals surface area contributed by atoms with Crippen LogP contribution >= 0.6 is 0 Å². The van der Waals surface area contributed by atoms with E-state index in [4.69, 9.17) is 4.74 Å². The van der Waals surface area contributed by atoms with Crippen LogP contribution in [0.3, 0.4) is 0 Å². The van der Waals surface area contributed by atoms with Crippen molar-refractivity contribution in [3.8, 4) is 5.75 Å². The van der Waals surface area contributed by atoms with Gasteiger partial charge in [0.2, 0.25) is 11.9 Å². The largest absolute Gasteiger partial charge is 0.497 e. The standard InChI is InChI=1S/C20H19N5O3/c1-13(26)22-14-6-8-15(9-7-14)23-19(27)18-10-11-21-20(25-18)24-16-4-3-5-17(12-16)28-2/h3-12H,1-2H3,(H,22,26)(H,23,27)(H,21,24,25). The average Bonchev–Trinajstić information content (AvgIpc) is 2.69. The lowest BCUT2D eigenvalue weighted by Crippen LogP contribution is -2.15. The van der Waals surface area contributed by atoms with Gasteiger partial charge in [-0.2, -0.15) is 0 Å². The number of carbonyl (C=O) groups is 2. The SMILES string of the molecule is COc1cccc(Nc2nccc(C(=O)Nc3ccc(NC(C)=O)cc3)n2)c1. The van der Waals surface area contributed by atoms with Crippen molar-refractivity contribution >= 4 is 34.8 Å². The lowest BCUT2D eigenvalue weighted by Gasteiger charge is -2.09. The molecule has 3 aromatic rings. The van der Waals surface area contributed by atoms with Crippen LogP contribution in [0, 0.1) is 0 Å². The fourth-order valence-electron chi connectivity index (χ4n) is 2.41. The van der Waals surface area contributed by atoms with Crippen LogP contribution in [0.25, 0.3) is 0 Å². The Kier molecular flexibility index (Phi) is 5.81. The highest BCUT2D eigenvalue weighted by Crippen LogP contribution is 2.19. The van der Waals surface area contributed by atoms with Gasteiger partial charge in [-0.25, -0.2) is 9.97 Å². The zero-order valence-corrected chi connectivity index (χ0v) is 15.4. The first-order valence-corrected chi connectivity index (χ1v) is 8.46. The van der Waals surface area contributed by atoms with Crippen molar-refractivity contribution in [1.82, 2.24) is 9.97 Å². The number of benzene rings is 2. The van der Waals surface area contributed by atoms with Gasteiger partial charge >= 0.3 is 0 Å². The number of rotatable bonds is 6. The molecule has 8 nitrogen and oxygen atoms in total. The summed E-state index contributed by atoms with van der Waals surface area (Å²) >= 11 is 0. The molecule has 28 heavy (non-hydrogen) atoms. The van der Waals surface area contributed by atoms with Crippen LogP contribution in [0.15, 0.2) is 60.8 Å². The molecule has 0 fully saturated rings. The summed E-state index contributed by atoms with van der Waals surface area (Å²) in [5, 5.41) is 8.47. The lowest BCUT2D eigenvalue weighted by atomic mass is 10.2. The smallest absolute Gasteiger partial charge is 0.274 e. The summed E-state index contributed by atoms with van der Waals surface area (Å²) in [5.41, 5.74) is 2.19. The van der Waals surface area contributed by atoms with Gasteiger partial charge in [0.1, 0.15) is 11.4 Å². The van der Waals surface area contributed by atoms with Crippen molar-refractivity contribution in [1.29, 1.82) is 0 Å². The predicted octanol–water partition coefficient (Wildman–Crippen LogP) is 3.44. The van der Waals surface area contributed by atoms with Crippen LogP contribution in [0.2, 0.25) is 0 Å². The summed E-state index contributed by atoms with van der Waals surface area (Å²) in [5.74, 6) is 0.459. The van der Waals surface area contributed by atoms with Gasteiger partial charge in [-0.05, 0) is 42.5 Å². The number of hydrogen-bond acceptors (Lipinski definition) is 6. The number of methoxy groups -OCH3 is 1. The molecular formula is C20H19N5O3. The van der Waals surface area contributed by atoms with E-state index in [1.54, 1.807) is 37.4 Å². The maximum atomic E-state index is 12.5. The molecule has 0 saturated heterocycles. The van der Waals surface area contributed by atoms with E-state index in [9.17, 15) is 9.59 Å². The maximum absolute atomic E-state index is 12.5. The number of carbonyl (C=O) groups excluding carboxylic acids is 2. The molecule has 142 valence electrons. The maximum Gasteiger partial charge on any atom is 0.274 e. The van der Waals surface area contributed by atoms with Gasteiger partial charge in [-0.3, -0.25) is 9.59 Å². The number of nitrogens with zero attached hydrogens (tertiary/aromatic N) is 2. The van der Waals surface area contributed by atoms with E-state index in [-0.39, 0.29) is 17.5 Å². The van der Waals surface area contributed by atoms with Crippen LogP contribution in [0.1, 0.15) is 17.4 Å². The highest BCUT2D eigenvalue weighted by Gasteiger charge is 2.10. The Hall–Kier alpha value is -3.94. The Bertz CT molecular complexity index is 989. The summed E-state index contributed by atoms with van der Waals surface area (Å²) in [4.78, 5) is 31.9. The third-order valence-corrected chi connectivity index (χ3v) is 3.68. The molecule has 3 rings (SSSR count). The second kappa shape index (κ2) is 8.63. The zero-order chi connectivity index (χ0) is 19.9. The minimum Gasteiger partial charge on any atom is -0.497 e. The molecule has 3 N–H and O–H groups in total. The molecule has 1 aromatic heterocycles. The second-order valence-electron chi connectivity index (χ2n) is 5.84. The first-order valence-electron chi connectivity index (χ1n) is 8.46. The van der Waals surface area contributed by atoms with Crippen molar-refractivity contribution in [2.75, 3.05) is 23.1 Å². The first kappa shape index (κ1) is 18.8. The van der Waals surface area contributed by atoms with Crippen molar-refractivity contribution in [3.63, 3.8) is 0 Å². The van der Waals surface area contributed by atoms with Crippen LogP contribution < -0.4 is 20.7 Å². The van der Waals surface area contributed by atoms with Crippen LogP contribution in [-0.2, 0) is 4.79 Å². The Balaban J connectivity index is 1.68. The fourth-order valence-corrected chi connectivity index (χ4v) is 2.41. The first-order chi connectivity index (χ1) is 13.5. The Morgan fingerprint density at radius 3 is 2.32 bits per heavy atom. The van der Waals surface area contributed by atoms with Gasteiger partial charge in [-0.15, -0.1) is 0 Å². The van der Waals surface area contributed by atoms with Gasteiger partial charge < -0.3 is 20.7 Å². The summed E-state index contributed by atoms with van der Waals surface area (Å²) in [6, 6.07) is 15.6. The molecule has 0 aliphatic carbocycles. The predicted molar refractivity (Wildman–Crippen MR) is 107 cm³/mol. The van der Waals surface area contributed by atoms with Crippen LogP contribution in [0.5, 0.6) is 5.75 Å². The van der Waals surface area contributed by atoms with Crippen LogP contribution in [0.4, 0.5) is 23.0 Å². The minimum atomic E-state index is -0.372. The molecule has 1 heterocycles. The summed E-state index contributed by atoms with van der Waals surface area (Å²) in [6.07, 6.45) is 1.50. The topological polar surface area (TPSA) is 105 Å². The van der Waals surface area contributed by atoms with E-state index in [1.165, 1.54) is 19.2 Å². The molecule has 0 aliphatic rings. The number of ether oxygens (including phenoxy) is 1. The van der Waals surface area contributed by atoms with Crippen molar-refractivity contribution in [3.05, 3.63) is 66.5 Å². The highest BCUT2D eigenvalue weighted by atomic mass is 16.5. The number of nitrogens with one attached hydrogen (secondary N) is 3. The second-order valence-corrected chi connectivity index (χ2v) is 5.84. The molecule has 0 saturated carbocycles. The number of anilines is 4. The van der Waals surface area contributed by atoms with Crippen molar-refractivity contribution in [2.24, 2.45) is 0 Å². The minimum absolute atomic E-state index is 0.158. The molecule has 0 spiro atoms. The molecule has 8 heteroatoms. The third kappa shape index (κ3) is 5.04. The van der Waals surface area contributed by atoms with Gasteiger partial charge in [0.05, 0.1) is 7.11 Å². The van der Waals surface area contributed by atoms with Crippen LogP contribution in [-0.4, -0.2) is 28.9 Å².